The third kappa shape index (κ3) is 3.94. The van der Waals surface area contributed by atoms with Gasteiger partial charge < -0.3 is 19.7 Å². The molecule has 2 aliphatic heterocycles. The Hall–Kier alpha value is -3.65. The Bertz CT molecular complexity index is 1250. The summed E-state index contributed by atoms with van der Waals surface area (Å²) < 4.78 is 10.9. The van der Waals surface area contributed by atoms with Crippen LogP contribution in [0.25, 0.3) is 10.8 Å². The van der Waals surface area contributed by atoms with Crippen LogP contribution in [0.15, 0.2) is 53.8 Å². The standard InChI is InChI=1S/C26H29N5O3/c1-16-22(13-28-30(16)2)20-7-5-6-18-12-27-25(11-21(18)20)29-23-9-8-17(10-24(23)34-4)26(32)31-14-19(15-31)33-3/h5-13,16,19,22H,14-15H2,1-4H3,(H,27,29). The van der Waals surface area contributed by atoms with Gasteiger partial charge in [0.2, 0.25) is 0 Å². The molecule has 0 aliphatic carbocycles. The lowest BCUT2D eigenvalue weighted by molar-refractivity contribution is -0.0192. The number of pyridine rings is 1. The van der Waals surface area contributed by atoms with Crippen molar-refractivity contribution in [1.82, 2.24) is 14.9 Å². The first-order valence-electron chi connectivity index (χ1n) is 11.4. The van der Waals surface area contributed by atoms with Gasteiger partial charge in [-0.05, 0) is 42.1 Å². The second kappa shape index (κ2) is 8.95. The molecule has 176 valence electrons. The van der Waals surface area contributed by atoms with E-state index in [9.17, 15) is 4.79 Å². The van der Waals surface area contributed by atoms with E-state index in [0.29, 0.717) is 30.2 Å². The number of hydrogen-bond donors (Lipinski definition) is 1. The van der Waals surface area contributed by atoms with Gasteiger partial charge in [0.05, 0.1) is 24.9 Å². The van der Waals surface area contributed by atoms with Crippen LogP contribution in [0.5, 0.6) is 5.75 Å². The zero-order valence-electron chi connectivity index (χ0n) is 19.9. The number of aromatic nitrogens is 1. The van der Waals surface area contributed by atoms with Crippen LogP contribution in [0, 0.1) is 0 Å². The minimum Gasteiger partial charge on any atom is -0.495 e. The Balaban J connectivity index is 1.41. The number of anilines is 2. The fourth-order valence-electron chi connectivity index (χ4n) is 4.53. The van der Waals surface area contributed by atoms with Gasteiger partial charge in [0.15, 0.2) is 0 Å². The van der Waals surface area contributed by atoms with Crippen molar-refractivity contribution in [3.05, 3.63) is 59.8 Å². The average Bonchev–Trinajstić information content (AvgIpc) is 3.16. The molecular weight excluding hydrogens is 430 g/mol. The molecule has 2 aromatic carbocycles. The number of ether oxygens (including phenoxy) is 2. The average molecular weight is 460 g/mol. The number of rotatable bonds is 6. The van der Waals surface area contributed by atoms with E-state index in [4.69, 9.17) is 9.47 Å². The third-order valence-corrected chi connectivity index (χ3v) is 6.85. The van der Waals surface area contributed by atoms with E-state index in [2.05, 4.69) is 46.6 Å². The number of carbonyl (C=O) groups excluding carboxylic acids is 1. The Kier molecular flexibility index (Phi) is 5.83. The molecule has 1 aromatic heterocycles. The summed E-state index contributed by atoms with van der Waals surface area (Å²) in [6, 6.07) is 14.1. The quantitative estimate of drug-likeness (QED) is 0.603. The van der Waals surface area contributed by atoms with Crippen LogP contribution in [-0.2, 0) is 4.74 Å². The fourth-order valence-corrected chi connectivity index (χ4v) is 4.53. The number of likely N-dealkylation sites (tertiary alicyclic amines) is 1. The van der Waals surface area contributed by atoms with Crippen LogP contribution < -0.4 is 10.1 Å². The van der Waals surface area contributed by atoms with Gasteiger partial charge in [-0.3, -0.25) is 9.80 Å². The molecule has 1 saturated heterocycles. The molecule has 0 radical (unpaired) electrons. The summed E-state index contributed by atoms with van der Waals surface area (Å²) in [6.45, 7) is 3.41. The molecule has 34 heavy (non-hydrogen) atoms. The minimum atomic E-state index is -0.0241. The van der Waals surface area contributed by atoms with Gasteiger partial charge in [-0.2, -0.15) is 5.10 Å². The number of benzene rings is 2. The number of nitrogens with one attached hydrogen (secondary N) is 1. The number of nitrogens with zero attached hydrogens (tertiary/aromatic N) is 4. The molecule has 2 atom stereocenters. The van der Waals surface area contributed by atoms with Crippen LogP contribution >= 0.6 is 0 Å². The van der Waals surface area contributed by atoms with Crippen molar-refractivity contribution in [3.63, 3.8) is 0 Å². The first-order chi connectivity index (χ1) is 16.5. The first-order valence-corrected chi connectivity index (χ1v) is 11.4. The lowest BCUT2D eigenvalue weighted by Gasteiger charge is -2.38. The number of methoxy groups -OCH3 is 2. The van der Waals surface area contributed by atoms with Crippen molar-refractivity contribution < 1.29 is 14.3 Å². The van der Waals surface area contributed by atoms with Crippen LogP contribution in [0.3, 0.4) is 0 Å². The molecule has 2 aliphatic rings. The lowest BCUT2D eigenvalue weighted by Crippen LogP contribution is -2.54. The zero-order valence-corrected chi connectivity index (χ0v) is 19.9. The van der Waals surface area contributed by atoms with Gasteiger partial charge in [-0.25, -0.2) is 4.98 Å². The molecule has 3 aromatic rings. The molecule has 0 bridgehead atoms. The molecule has 1 amide bonds. The van der Waals surface area contributed by atoms with Crippen molar-refractivity contribution in [3.8, 4) is 5.75 Å². The fraction of sp³-hybridized carbons (Fsp3) is 0.346. The van der Waals surface area contributed by atoms with Crippen LogP contribution in [0.2, 0.25) is 0 Å². The largest absolute Gasteiger partial charge is 0.495 e. The molecule has 8 nitrogen and oxygen atoms in total. The van der Waals surface area contributed by atoms with Crippen LogP contribution in [0.4, 0.5) is 11.5 Å². The van der Waals surface area contributed by atoms with E-state index in [1.807, 2.05) is 36.6 Å². The van der Waals surface area contributed by atoms with Crippen molar-refractivity contribution in [2.45, 2.75) is 25.0 Å². The maximum Gasteiger partial charge on any atom is 0.254 e. The molecule has 8 heteroatoms. The van der Waals surface area contributed by atoms with Gasteiger partial charge in [0.25, 0.3) is 5.91 Å². The molecule has 0 saturated carbocycles. The summed E-state index contributed by atoms with van der Waals surface area (Å²) in [5.41, 5.74) is 2.56. The van der Waals surface area contributed by atoms with Crippen molar-refractivity contribution in [2.24, 2.45) is 5.10 Å². The van der Waals surface area contributed by atoms with E-state index in [1.54, 1.807) is 25.2 Å². The second-order valence-corrected chi connectivity index (χ2v) is 8.85. The van der Waals surface area contributed by atoms with Crippen molar-refractivity contribution in [1.29, 1.82) is 0 Å². The summed E-state index contributed by atoms with van der Waals surface area (Å²) in [4.78, 5) is 19.1. The van der Waals surface area contributed by atoms with Crippen molar-refractivity contribution in [2.75, 3.05) is 39.7 Å². The lowest BCUT2D eigenvalue weighted by atomic mass is 9.90. The van der Waals surface area contributed by atoms with E-state index in [0.717, 1.165) is 16.5 Å². The van der Waals surface area contributed by atoms with Gasteiger partial charge in [-0.15, -0.1) is 0 Å². The summed E-state index contributed by atoms with van der Waals surface area (Å²) in [5.74, 6) is 1.48. The summed E-state index contributed by atoms with van der Waals surface area (Å²) in [7, 11) is 5.27. The maximum atomic E-state index is 12.8. The number of hydrogen-bond acceptors (Lipinski definition) is 7. The Labute approximate surface area is 199 Å². The smallest absolute Gasteiger partial charge is 0.254 e. The SMILES string of the molecule is COc1cc(C(=O)N2CC(OC)C2)ccc1Nc1cc2c(C3C=NN(C)C3C)cccc2cn1. The molecule has 1 fully saturated rings. The molecule has 2 unspecified atom stereocenters. The highest BCUT2D eigenvalue weighted by Crippen LogP contribution is 2.34. The molecular formula is C26H29N5O3. The zero-order chi connectivity index (χ0) is 23.8. The minimum absolute atomic E-state index is 0.0241. The summed E-state index contributed by atoms with van der Waals surface area (Å²) in [6.07, 6.45) is 4.01. The summed E-state index contributed by atoms with van der Waals surface area (Å²) >= 11 is 0. The normalized spacial score (nSPS) is 20.0. The highest BCUT2D eigenvalue weighted by molar-refractivity contribution is 5.96. The molecule has 0 spiro atoms. The number of carbonyl (C=O) groups is 1. The third-order valence-electron chi connectivity index (χ3n) is 6.85. The monoisotopic (exact) mass is 459 g/mol. The summed E-state index contributed by atoms with van der Waals surface area (Å²) in [5, 5.41) is 12.0. The van der Waals surface area contributed by atoms with E-state index in [1.165, 1.54) is 5.56 Å². The first kappa shape index (κ1) is 22.2. The topological polar surface area (TPSA) is 79.3 Å². The Morgan fingerprint density at radius 1 is 1.15 bits per heavy atom. The van der Waals surface area contributed by atoms with Gasteiger partial charge in [0.1, 0.15) is 11.6 Å². The maximum absolute atomic E-state index is 12.8. The number of likely N-dealkylation sites (N-methyl/N-ethyl adjacent to an activating group) is 1. The second-order valence-electron chi connectivity index (χ2n) is 8.85. The van der Waals surface area contributed by atoms with Crippen LogP contribution in [0.1, 0.15) is 28.8 Å². The molecule has 3 heterocycles. The number of hydrazone groups is 1. The van der Waals surface area contributed by atoms with E-state index >= 15 is 0 Å². The van der Waals surface area contributed by atoms with Gasteiger partial charge >= 0.3 is 0 Å². The van der Waals surface area contributed by atoms with Gasteiger partial charge in [0, 0.05) is 56.5 Å². The number of amides is 1. The Morgan fingerprint density at radius 3 is 2.68 bits per heavy atom. The van der Waals surface area contributed by atoms with E-state index < -0.39 is 0 Å². The predicted molar refractivity (Wildman–Crippen MR) is 133 cm³/mol. The predicted octanol–water partition coefficient (Wildman–Crippen LogP) is 3.86. The highest BCUT2D eigenvalue weighted by atomic mass is 16.5. The van der Waals surface area contributed by atoms with Gasteiger partial charge in [-0.1, -0.05) is 18.2 Å². The highest BCUT2D eigenvalue weighted by Gasteiger charge is 2.31. The van der Waals surface area contributed by atoms with E-state index in [-0.39, 0.29) is 24.0 Å². The van der Waals surface area contributed by atoms with Crippen molar-refractivity contribution >= 4 is 34.4 Å². The number of fused-ring (bicyclic) bond motifs is 1. The molecule has 5 rings (SSSR count). The Morgan fingerprint density at radius 2 is 1.97 bits per heavy atom. The molecule has 1 N–H and O–H groups in total. The van der Waals surface area contributed by atoms with Crippen LogP contribution in [-0.4, -0.2) is 73.5 Å².